The number of likely N-dealkylation sites (tertiary alicyclic amines) is 1. The minimum absolute atomic E-state index is 0.184. The van der Waals surface area contributed by atoms with Crippen molar-refractivity contribution in [1.29, 1.82) is 0 Å². The van der Waals surface area contributed by atoms with Gasteiger partial charge in [-0.1, -0.05) is 12.1 Å². The van der Waals surface area contributed by atoms with Crippen molar-refractivity contribution in [3.63, 3.8) is 0 Å². The molecule has 0 bridgehead atoms. The predicted octanol–water partition coefficient (Wildman–Crippen LogP) is 2.00. The number of hydrogen-bond acceptors (Lipinski definition) is 7. The van der Waals surface area contributed by atoms with Crippen molar-refractivity contribution in [2.75, 3.05) is 19.8 Å². The third kappa shape index (κ3) is 4.81. The van der Waals surface area contributed by atoms with Crippen molar-refractivity contribution >= 4 is 23.5 Å². The normalized spacial score (nSPS) is 16.5. The second-order valence-corrected chi connectivity index (χ2v) is 6.15. The zero-order chi connectivity index (χ0) is 20.0. The third-order valence-corrected chi connectivity index (χ3v) is 4.36. The van der Waals surface area contributed by atoms with Crippen molar-refractivity contribution in [2.45, 2.75) is 39.2 Å². The van der Waals surface area contributed by atoms with E-state index in [9.17, 15) is 24.5 Å². The van der Waals surface area contributed by atoms with Gasteiger partial charge in [0.25, 0.3) is 11.6 Å². The molecular formula is C18H22N2O7. The molecule has 0 saturated carbocycles. The van der Waals surface area contributed by atoms with Crippen LogP contribution in [0.1, 0.15) is 42.1 Å². The number of amides is 1. The van der Waals surface area contributed by atoms with E-state index < -0.39 is 35.4 Å². The first kappa shape index (κ1) is 20.3. The van der Waals surface area contributed by atoms with Gasteiger partial charge in [0.1, 0.15) is 11.6 Å². The molecule has 146 valence electrons. The fourth-order valence-electron chi connectivity index (χ4n) is 3.07. The van der Waals surface area contributed by atoms with Crippen molar-refractivity contribution in [2.24, 2.45) is 0 Å². The molecule has 0 radical (unpaired) electrons. The number of hydrogen-bond donors (Lipinski definition) is 0. The zero-order valence-electron chi connectivity index (χ0n) is 15.3. The molecule has 1 unspecified atom stereocenters. The number of nitrogens with zero attached hydrogens (tertiary/aromatic N) is 2. The number of carbonyl (C=O) groups is 3. The summed E-state index contributed by atoms with van der Waals surface area (Å²) in [6.07, 6.45) is 2.02. The molecule has 1 atom stereocenters. The van der Waals surface area contributed by atoms with Crippen molar-refractivity contribution in [3.8, 4) is 0 Å². The van der Waals surface area contributed by atoms with E-state index in [4.69, 9.17) is 9.47 Å². The van der Waals surface area contributed by atoms with Crippen molar-refractivity contribution in [3.05, 3.63) is 39.4 Å². The molecule has 1 heterocycles. The van der Waals surface area contributed by atoms with Crippen LogP contribution >= 0.6 is 0 Å². The fourth-order valence-corrected chi connectivity index (χ4v) is 3.07. The van der Waals surface area contributed by atoms with Crippen LogP contribution in [-0.2, 0) is 19.1 Å². The van der Waals surface area contributed by atoms with Gasteiger partial charge >= 0.3 is 11.9 Å². The number of rotatable bonds is 6. The number of carbonyl (C=O) groups excluding carboxylic acids is 3. The van der Waals surface area contributed by atoms with Gasteiger partial charge in [-0.2, -0.15) is 0 Å². The molecular weight excluding hydrogens is 356 g/mol. The van der Waals surface area contributed by atoms with Crippen LogP contribution in [0.3, 0.4) is 0 Å². The molecule has 1 saturated heterocycles. The molecule has 0 N–H and O–H groups in total. The SMILES string of the molecule is CCOC(=O)C1CCCCN1C(=O)COC(=O)c1c(C)cccc1[N+](=O)[O-]. The summed E-state index contributed by atoms with van der Waals surface area (Å²) in [5.74, 6) is -1.96. The van der Waals surface area contributed by atoms with E-state index in [1.807, 2.05) is 0 Å². The largest absolute Gasteiger partial charge is 0.464 e. The maximum absolute atomic E-state index is 12.5. The van der Waals surface area contributed by atoms with E-state index in [-0.39, 0.29) is 17.9 Å². The Balaban J connectivity index is 2.07. The summed E-state index contributed by atoms with van der Waals surface area (Å²) in [6.45, 7) is 3.21. The molecule has 1 aliphatic rings. The number of esters is 2. The molecule has 9 nitrogen and oxygen atoms in total. The highest BCUT2D eigenvalue weighted by molar-refractivity contribution is 5.97. The lowest BCUT2D eigenvalue weighted by molar-refractivity contribution is -0.385. The Morgan fingerprint density at radius 2 is 2.00 bits per heavy atom. The summed E-state index contributed by atoms with van der Waals surface area (Å²) in [5, 5.41) is 11.1. The van der Waals surface area contributed by atoms with Crippen LogP contribution in [0.15, 0.2) is 18.2 Å². The molecule has 1 aromatic carbocycles. The second kappa shape index (κ2) is 9.11. The Hall–Kier alpha value is -2.97. The molecule has 0 aromatic heterocycles. The predicted molar refractivity (Wildman–Crippen MR) is 94.1 cm³/mol. The molecule has 1 aliphatic heterocycles. The first-order valence-electron chi connectivity index (χ1n) is 8.74. The summed E-state index contributed by atoms with van der Waals surface area (Å²) in [4.78, 5) is 48.6. The zero-order valence-corrected chi connectivity index (χ0v) is 15.3. The van der Waals surface area contributed by atoms with Crippen LogP contribution in [0.4, 0.5) is 5.69 Å². The Bertz CT molecular complexity index is 747. The van der Waals surface area contributed by atoms with E-state index >= 15 is 0 Å². The molecule has 0 spiro atoms. The lowest BCUT2D eigenvalue weighted by Crippen LogP contribution is -2.50. The highest BCUT2D eigenvalue weighted by atomic mass is 16.6. The number of benzene rings is 1. The number of nitro groups is 1. The highest BCUT2D eigenvalue weighted by Crippen LogP contribution is 2.23. The van der Waals surface area contributed by atoms with E-state index in [0.29, 0.717) is 18.5 Å². The first-order valence-corrected chi connectivity index (χ1v) is 8.74. The minimum atomic E-state index is -0.946. The Morgan fingerprint density at radius 1 is 1.26 bits per heavy atom. The maximum atomic E-state index is 12.5. The maximum Gasteiger partial charge on any atom is 0.345 e. The smallest absolute Gasteiger partial charge is 0.345 e. The Morgan fingerprint density at radius 3 is 2.67 bits per heavy atom. The topological polar surface area (TPSA) is 116 Å². The van der Waals surface area contributed by atoms with Crippen LogP contribution in [-0.4, -0.2) is 53.5 Å². The standard InChI is InChI=1S/C18H22N2O7/c1-3-26-17(22)14-8-4-5-10-19(14)15(21)11-27-18(23)16-12(2)7-6-9-13(16)20(24)25/h6-7,9,14H,3-5,8,10-11H2,1-2H3. The molecule has 1 aromatic rings. The summed E-state index contributed by atoms with van der Waals surface area (Å²) in [5.41, 5.74) is -0.185. The molecule has 1 amide bonds. The quantitative estimate of drug-likeness (QED) is 0.422. The fraction of sp³-hybridized carbons (Fsp3) is 0.500. The first-order chi connectivity index (χ1) is 12.9. The third-order valence-electron chi connectivity index (χ3n) is 4.36. The van der Waals surface area contributed by atoms with E-state index in [2.05, 4.69) is 0 Å². The van der Waals surface area contributed by atoms with E-state index in [0.717, 1.165) is 12.8 Å². The highest BCUT2D eigenvalue weighted by Gasteiger charge is 2.34. The monoisotopic (exact) mass is 378 g/mol. The summed E-state index contributed by atoms with van der Waals surface area (Å²) in [6, 6.07) is 3.52. The summed E-state index contributed by atoms with van der Waals surface area (Å²) in [7, 11) is 0. The van der Waals surface area contributed by atoms with E-state index in [1.54, 1.807) is 19.9 Å². The van der Waals surface area contributed by atoms with Crippen molar-refractivity contribution in [1.82, 2.24) is 4.90 Å². The van der Waals surface area contributed by atoms with Gasteiger partial charge in [0.15, 0.2) is 6.61 Å². The molecule has 9 heteroatoms. The van der Waals surface area contributed by atoms with Gasteiger partial charge in [-0.05, 0) is 38.7 Å². The molecule has 27 heavy (non-hydrogen) atoms. The molecule has 2 rings (SSSR count). The van der Waals surface area contributed by atoms with Crippen LogP contribution in [0, 0.1) is 17.0 Å². The summed E-state index contributed by atoms with van der Waals surface area (Å²) >= 11 is 0. The molecule has 0 aliphatic carbocycles. The van der Waals surface area contributed by atoms with Gasteiger partial charge in [-0.25, -0.2) is 9.59 Å². The number of ether oxygens (including phenoxy) is 2. The van der Waals surface area contributed by atoms with Gasteiger partial charge in [0.05, 0.1) is 11.5 Å². The van der Waals surface area contributed by atoms with E-state index in [1.165, 1.54) is 17.0 Å². The second-order valence-electron chi connectivity index (χ2n) is 6.15. The summed E-state index contributed by atoms with van der Waals surface area (Å²) < 4.78 is 10.0. The number of aryl methyl sites for hydroxylation is 1. The lowest BCUT2D eigenvalue weighted by Gasteiger charge is -2.33. The van der Waals surface area contributed by atoms with Gasteiger partial charge in [0.2, 0.25) is 0 Å². The number of piperidine rings is 1. The average Bonchev–Trinajstić information content (AvgIpc) is 2.65. The Kier molecular flexibility index (Phi) is 6.86. The van der Waals surface area contributed by atoms with Gasteiger partial charge in [0, 0.05) is 12.6 Å². The van der Waals surface area contributed by atoms with Crippen molar-refractivity contribution < 1.29 is 28.8 Å². The lowest BCUT2D eigenvalue weighted by atomic mass is 10.0. The minimum Gasteiger partial charge on any atom is -0.464 e. The van der Waals surface area contributed by atoms with Crippen LogP contribution < -0.4 is 0 Å². The average molecular weight is 378 g/mol. The van der Waals surface area contributed by atoms with Gasteiger partial charge in [-0.15, -0.1) is 0 Å². The van der Waals surface area contributed by atoms with Crippen LogP contribution in [0.5, 0.6) is 0 Å². The molecule has 1 fully saturated rings. The number of nitro benzene ring substituents is 1. The van der Waals surface area contributed by atoms with Crippen LogP contribution in [0.25, 0.3) is 0 Å². The van der Waals surface area contributed by atoms with Gasteiger partial charge in [-0.3, -0.25) is 14.9 Å². The van der Waals surface area contributed by atoms with Gasteiger partial charge < -0.3 is 14.4 Å². The van der Waals surface area contributed by atoms with Crippen LogP contribution in [0.2, 0.25) is 0 Å². The Labute approximate surface area is 156 Å².